The molecule has 1 aromatic rings. The second-order valence-electron chi connectivity index (χ2n) is 4.43. The summed E-state index contributed by atoms with van der Waals surface area (Å²) in [5.74, 6) is -1.30. The highest BCUT2D eigenvalue weighted by atomic mass is 19.2. The molecule has 0 aliphatic heterocycles. The van der Waals surface area contributed by atoms with Crippen molar-refractivity contribution in [2.75, 3.05) is 7.05 Å². The molecule has 1 fully saturated rings. The minimum Gasteiger partial charge on any atom is -0.316 e. The summed E-state index contributed by atoms with van der Waals surface area (Å²) in [7, 11) is 1.89. The molecule has 2 unspecified atom stereocenters. The number of hydrogen-bond donors (Lipinski definition) is 1. The predicted octanol–water partition coefficient (Wildman–Crippen LogP) is 3.21. The van der Waals surface area contributed by atoms with Crippen LogP contribution in [0.4, 0.5) is 8.78 Å². The van der Waals surface area contributed by atoms with Gasteiger partial charge in [-0.15, -0.1) is 0 Å². The minimum atomic E-state index is -0.738. The van der Waals surface area contributed by atoms with Gasteiger partial charge in [-0.05, 0) is 31.5 Å². The summed E-state index contributed by atoms with van der Waals surface area (Å²) in [6.07, 6.45) is 4.24. The highest BCUT2D eigenvalue weighted by Gasteiger charge is 2.28. The molecule has 0 spiro atoms. The lowest BCUT2D eigenvalue weighted by Gasteiger charge is -2.31. The zero-order valence-electron chi connectivity index (χ0n) is 9.47. The van der Waals surface area contributed by atoms with E-state index in [-0.39, 0.29) is 12.0 Å². The maximum atomic E-state index is 13.7. The van der Waals surface area contributed by atoms with Gasteiger partial charge in [-0.3, -0.25) is 0 Å². The van der Waals surface area contributed by atoms with E-state index < -0.39 is 11.6 Å². The Balaban J connectivity index is 2.30. The third-order valence-electron chi connectivity index (χ3n) is 3.52. The molecule has 1 aliphatic carbocycles. The minimum absolute atomic E-state index is 0.106. The van der Waals surface area contributed by atoms with E-state index in [9.17, 15) is 8.78 Å². The van der Waals surface area contributed by atoms with Gasteiger partial charge < -0.3 is 5.32 Å². The van der Waals surface area contributed by atoms with Gasteiger partial charge >= 0.3 is 0 Å². The summed E-state index contributed by atoms with van der Waals surface area (Å²) in [6, 6.07) is 4.74. The molecule has 2 rings (SSSR count). The fourth-order valence-corrected chi connectivity index (χ4v) is 2.66. The summed E-state index contributed by atoms with van der Waals surface area (Å²) >= 11 is 0. The van der Waals surface area contributed by atoms with Gasteiger partial charge in [-0.25, -0.2) is 8.78 Å². The predicted molar refractivity (Wildman–Crippen MR) is 60.4 cm³/mol. The van der Waals surface area contributed by atoms with E-state index in [1.165, 1.54) is 12.5 Å². The summed E-state index contributed by atoms with van der Waals surface area (Å²) in [4.78, 5) is 0. The van der Waals surface area contributed by atoms with Gasteiger partial charge in [0, 0.05) is 12.0 Å². The highest BCUT2D eigenvalue weighted by molar-refractivity contribution is 5.25. The molecule has 0 saturated heterocycles. The van der Waals surface area contributed by atoms with Crippen LogP contribution in [0.25, 0.3) is 0 Å². The van der Waals surface area contributed by atoms with Gasteiger partial charge in [0.1, 0.15) is 0 Å². The van der Waals surface area contributed by atoms with E-state index in [1.54, 1.807) is 12.1 Å². The molecule has 88 valence electrons. The maximum absolute atomic E-state index is 13.7. The standard InChI is InChI=1S/C13H17F2N/c1-16-12-8-3-2-5-9(12)10-6-4-7-11(14)13(10)15/h4,6-7,9,12,16H,2-3,5,8H2,1H3. The van der Waals surface area contributed by atoms with Crippen molar-refractivity contribution in [3.8, 4) is 0 Å². The average molecular weight is 225 g/mol. The van der Waals surface area contributed by atoms with Gasteiger partial charge in [0.2, 0.25) is 0 Å². The molecule has 0 amide bonds. The summed E-state index contributed by atoms with van der Waals surface area (Å²) < 4.78 is 26.9. The molecule has 1 nitrogen and oxygen atoms in total. The topological polar surface area (TPSA) is 12.0 Å². The zero-order valence-corrected chi connectivity index (χ0v) is 9.47. The van der Waals surface area contributed by atoms with Gasteiger partial charge in [0.05, 0.1) is 0 Å². The first-order valence-corrected chi connectivity index (χ1v) is 5.85. The van der Waals surface area contributed by atoms with Crippen molar-refractivity contribution in [2.24, 2.45) is 0 Å². The molecule has 0 radical (unpaired) electrons. The molecule has 1 N–H and O–H groups in total. The fourth-order valence-electron chi connectivity index (χ4n) is 2.66. The Labute approximate surface area is 94.9 Å². The first-order valence-electron chi connectivity index (χ1n) is 5.85. The van der Waals surface area contributed by atoms with Gasteiger partial charge in [-0.2, -0.15) is 0 Å². The van der Waals surface area contributed by atoms with E-state index in [2.05, 4.69) is 5.32 Å². The van der Waals surface area contributed by atoms with Crippen molar-refractivity contribution in [3.05, 3.63) is 35.4 Å². The van der Waals surface area contributed by atoms with Crippen LogP contribution in [-0.2, 0) is 0 Å². The average Bonchev–Trinajstić information content (AvgIpc) is 2.33. The fraction of sp³-hybridized carbons (Fsp3) is 0.538. The van der Waals surface area contributed by atoms with Crippen molar-refractivity contribution in [3.63, 3.8) is 0 Å². The van der Waals surface area contributed by atoms with Crippen LogP contribution in [-0.4, -0.2) is 13.1 Å². The number of hydrogen-bond acceptors (Lipinski definition) is 1. The molecular weight excluding hydrogens is 208 g/mol. The van der Waals surface area contributed by atoms with Gasteiger partial charge in [-0.1, -0.05) is 25.0 Å². The Morgan fingerprint density at radius 2 is 1.94 bits per heavy atom. The van der Waals surface area contributed by atoms with Crippen LogP contribution in [0.2, 0.25) is 0 Å². The number of rotatable bonds is 2. The number of likely N-dealkylation sites (N-methyl/N-ethyl adjacent to an activating group) is 1. The third kappa shape index (κ3) is 2.09. The molecule has 1 aromatic carbocycles. The Morgan fingerprint density at radius 1 is 1.19 bits per heavy atom. The Morgan fingerprint density at radius 3 is 2.69 bits per heavy atom. The Hall–Kier alpha value is -0.960. The Kier molecular flexibility index (Phi) is 3.54. The second-order valence-corrected chi connectivity index (χ2v) is 4.43. The van der Waals surface area contributed by atoms with Crippen molar-refractivity contribution in [1.82, 2.24) is 5.32 Å². The molecule has 2 atom stereocenters. The molecule has 0 aromatic heterocycles. The van der Waals surface area contributed by atoms with Crippen LogP contribution in [0, 0.1) is 11.6 Å². The molecular formula is C13H17F2N. The summed E-state index contributed by atoms with van der Waals surface area (Å²) in [5, 5.41) is 3.21. The summed E-state index contributed by atoms with van der Waals surface area (Å²) in [6.45, 7) is 0. The van der Waals surface area contributed by atoms with E-state index in [1.807, 2.05) is 7.05 Å². The molecule has 0 bridgehead atoms. The quantitative estimate of drug-likeness (QED) is 0.815. The number of benzene rings is 1. The van der Waals surface area contributed by atoms with Crippen molar-refractivity contribution >= 4 is 0 Å². The lowest BCUT2D eigenvalue weighted by atomic mass is 9.80. The zero-order chi connectivity index (χ0) is 11.5. The normalized spacial score (nSPS) is 25.7. The van der Waals surface area contributed by atoms with Crippen molar-refractivity contribution in [2.45, 2.75) is 37.6 Å². The SMILES string of the molecule is CNC1CCCCC1c1cccc(F)c1F. The van der Waals surface area contributed by atoms with Gasteiger partial charge in [0.25, 0.3) is 0 Å². The number of halogens is 2. The summed E-state index contributed by atoms with van der Waals surface area (Å²) in [5.41, 5.74) is 0.527. The maximum Gasteiger partial charge on any atom is 0.162 e. The van der Waals surface area contributed by atoms with Crippen LogP contribution in [0.1, 0.15) is 37.2 Å². The first kappa shape index (κ1) is 11.5. The van der Waals surface area contributed by atoms with Crippen LogP contribution in [0.15, 0.2) is 18.2 Å². The third-order valence-corrected chi connectivity index (χ3v) is 3.52. The van der Waals surface area contributed by atoms with Crippen LogP contribution in [0.5, 0.6) is 0 Å². The van der Waals surface area contributed by atoms with Crippen molar-refractivity contribution < 1.29 is 8.78 Å². The van der Waals surface area contributed by atoms with E-state index >= 15 is 0 Å². The highest BCUT2D eigenvalue weighted by Crippen LogP contribution is 2.34. The van der Waals surface area contributed by atoms with Crippen LogP contribution < -0.4 is 5.32 Å². The lowest BCUT2D eigenvalue weighted by Crippen LogP contribution is -2.35. The largest absolute Gasteiger partial charge is 0.316 e. The monoisotopic (exact) mass is 225 g/mol. The molecule has 0 heterocycles. The van der Waals surface area contributed by atoms with Crippen LogP contribution >= 0.6 is 0 Å². The second kappa shape index (κ2) is 4.91. The van der Waals surface area contributed by atoms with E-state index in [0.717, 1.165) is 19.3 Å². The molecule has 3 heteroatoms. The first-order chi connectivity index (χ1) is 7.74. The smallest absolute Gasteiger partial charge is 0.162 e. The lowest BCUT2D eigenvalue weighted by molar-refractivity contribution is 0.333. The molecule has 1 saturated carbocycles. The van der Waals surface area contributed by atoms with Crippen LogP contribution in [0.3, 0.4) is 0 Å². The van der Waals surface area contributed by atoms with E-state index in [0.29, 0.717) is 5.56 Å². The van der Waals surface area contributed by atoms with Crippen molar-refractivity contribution in [1.29, 1.82) is 0 Å². The molecule has 16 heavy (non-hydrogen) atoms. The number of nitrogens with one attached hydrogen (secondary N) is 1. The molecule has 1 aliphatic rings. The van der Waals surface area contributed by atoms with Gasteiger partial charge in [0.15, 0.2) is 11.6 Å². The Bertz CT molecular complexity index is 365. The van der Waals surface area contributed by atoms with E-state index in [4.69, 9.17) is 0 Å².